The van der Waals surface area contributed by atoms with Gasteiger partial charge >= 0.3 is 0 Å². The van der Waals surface area contributed by atoms with Crippen LogP contribution in [0.25, 0.3) is 94.6 Å². The van der Waals surface area contributed by atoms with Gasteiger partial charge in [0.15, 0.2) is 0 Å². The smallest absolute Gasteiger partial charge is 0.0620 e. The number of pyridine rings is 1. The van der Waals surface area contributed by atoms with Crippen LogP contribution in [0.2, 0.25) is 0 Å². The molecule has 0 N–H and O–H groups in total. The van der Waals surface area contributed by atoms with Crippen molar-refractivity contribution >= 4 is 50.1 Å². The highest BCUT2D eigenvalue weighted by Gasteiger charge is 2.18. The Kier molecular flexibility index (Phi) is 6.86. The van der Waals surface area contributed by atoms with E-state index in [1.165, 1.54) is 99.2 Å². The number of nitrogens with zero attached hydrogens (tertiary/aromatic N) is 1. The normalized spacial score (nSPS) is 11.7. The van der Waals surface area contributed by atoms with Gasteiger partial charge in [-0.2, -0.15) is 0 Å². The lowest BCUT2D eigenvalue weighted by molar-refractivity contribution is 1.23. The van der Waals surface area contributed by atoms with Gasteiger partial charge in [0.05, 0.1) is 11.0 Å². The van der Waals surface area contributed by atoms with Crippen LogP contribution in [0.4, 0.5) is 0 Å². The van der Waals surface area contributed by atoms with Crippen LogP contribution in [-0.4, -0.2) is 4.40 Å². The zero-order valence-electron chi connectivity index (χ0n) is 28.7. The van der Waals surface area contributed by atoms with Gasteiger partial charge in [-0.15, -0.1) is 0 Å². The Morgan fingerprint density at radius 2 is 1.06 bits per heavy atom. The van der Waals surface area contributed by atoms with E-state index in [0.29, 0.717) is 0 Å². The molecule has 0 unspecified atom stereocenters. The number of benzene rings is 7. The lowest BCUT2D eigenvalue weighted by Gasteiger charge is -2.17. The molecule has 2 heterocycles. The van der Waals surface area contributed by atoms with Crippen LogP contribution in [-0.2, 0) is 0 Å². The van der Waals surface area contributed by atoms with Crippen molar-refractivity contribution in [2.24, 2.45) is 0 Å². The molecule has 9 rings (SSSR count). The molecule has 0 fully saturated rings. The minimum Gasteiger partial charge on any atom is -0.309 e. The molecule has 238 valence electrons. The highest BCUT2D eigenvalue weighted by Crippen LogP contribution is 2.40. The zero-order chi connectivity index (χ0) is 34.1. The van der Waals surface area contributed by atoms with Crippen LogP contribution >= 0.6 is 0 Å². The Hall–Kier alpha value is -6.18. The van der Waals surface area contributed by atoms with E-state index in [0.717, 1.165) is 10.9 Å². The number of para-hydroxylation sites is 1. The second kappa shape index (κ2) is 11.5. The first-order chi connectivity index (χ1) is 24.4. The SMILES string of the molecule is C=C(C)c1ccccc1-c1cccc(-c2cc(-c3cccc(-c4cc5c6ccccc6c(=C)n6c7ccccc7c(c4)c56)c3)ccc2C)c1C. The van der Waals surface area contributed by atoms with E-state index in [4.69, 9.17) is 0 Å². The van der Waals surface area contributed by atoms with E-state index in [2.05, 4.69) is 184 Å². The number of rotatable bonds is 5. The predicted octanol–water partition coefficient (Wildman–Crippen LogP) is 12.8. The molecule has 0 amide bonds. The molecule has 2 aromatic heterocycles. The zero-order valence-corrected chi connectivity index (χ0v) is 28.7. The van der Waals surface area contributed by atoms with E-state index < -0.39 is 0 Å². The van der Waals surface area contributed by atoms with Crippen molar-refractivity contribution in [2.75, 3.05) is 0 Å². The molecule has 9 aromatic rings. The Morgan fingerprint density at radius 1 is 0.480 bits per heavy atom. The third kappa shape index (κ3) is 4.55. The topological polar surface area (TPSA) is 4.41 Å². The molecule has 0 aliphatic carbocycles. The van der Waals surface area contributed by atoms with Crippen LogP contribution in [0.1, 0.15) is 23.6 Å². The Bertz CT molecular complexity index is 2880. The van der Waals surface area contributed by atoms with Gasteiger partial charge in [0, 0.05) is 26.9 Å². The van der Waals surface area contributed by atoms with Crippen molar-refractivity contribution in [3.8, 4) is 44.5 Å². The molecule has 7 aromatic carbocycles. The summed E-state index contributed by atoms with van der Waals surface area (Å²) in [7, 11) is 0. The highest BCUT2D eigenvalue weighted by molar-refractivity contribution is 6.21. The summed E-state index contributed by atoms with van der Waals surface area (Å²) >= 11 is 0. The minimum atomic E-state index is 1.03. The molecule has 1 heteroatoms. The Morgan fingerprint density at radius 3 is 1.84 bits per heavy atom. The number of hydrogen-bond acceptors (Lipinski definition) is 0. The van der Waals surface area contributed by atoms with Crippen molar-refractivity contribution in [1.82, 2.24) is 4.40 Å². The standard InChI is InChI=1S/C49H37N/c1-30(2)38-16-6-8-18-42(38)39-21-13-22-40(32(39)4)45-27-36(25-24-31(45)3)34-14-12-15-35(26-34)37-28-46-43-19-9-7-17-41(43)33(5)50-48-23-11-10-20-44(48)47(29-37)49(46)50/h6-29H,1,5H2,2-4H3. The van der Waals surface area contributed by atoms with E-state index in [1.54, 1.807) is 0 Å². The van der Waals surface area contributed by atoms with E-state index in [-0.39, 0.29) is 0 Å². The summed E-state index contributed by atoms with van der Waals surface area (Å²) in [6, 6.07) is 53.3. The molecule has 0 saturated heterocycles. The first kappa shape index (κ1) is 29.9. The van der Waals surface area contributed by atoms with E-state index >= 15 is 0 Å². The fraction of sp³-hybridized carbons (Fsp3) is 0.0612. The Labute approximate surface area is 293 Å². The van der Waals surface area contributed by atoms with Gasteiger partial charge < -0.3 is 4.40 Å². The second-order valence-electron chi connectivity index (χ2n) is 13.7. The lowest BCUT2D eigenvalue weighted by atomic mass is 9.87. The van der Waals surface area contributed by atoms with Crippen LogP contribution < -0.4 is 5.35 Å². The van der Waals surface area contributed by atoms with Crippen LogP contribution in [0.3, 0.4) is 0 Å². The molecule has 0 spiro atoms. The molecule has 1 nitrogen and oxygen atoms in total. The maximum atomic E-state index is 4.56. The lowest BCUT2D eigenvalue weighted by Crippen LogP contribution is -2.12. The summed E-state index contributed by atoms with van der Waals surface area (Å²) < 4.78 is 2.35. The number of aryl methyl sites for hydroxylation is 1. The minimum absolute atomic E-state index is 1.03. The number of allylic oxidation sites excluding steroid dienone is 1. The summed E-state index contributed by atoms with van der Waals surface area (Å²) in [6.07, 6.45) is 0. The van der Waals surface area contributed by atoms with Crippen LogP contribution in [0, 0.1) is 13.8 Å². The Balaban J connectivity index is 1.20. The largest absolute Gasteiger partial charge is 0.309 e. The summed E-state index contributed by atoms with van der Waals surface area (Å²) in [5.74, 6) is 0. The van der Waals surface area contributed by atoms with Gasteiger partial charge in [0.1, 0.15) is 0 Å². The van der Waals surface area contributed by atoms with Crippen LogP contribution in [0.5, 0.6) is 0 Å². The van der Waals surface area contributed by atoms with Gasteiger partial charge in [-0.05, 0) is 118 Å². The monoisotopic (exact) mass is 639 g/mol. The fourth-order valence-corrected chi connectivity index (χ4v) is 8.12. The molecule has 0 bridgehead atoms. The molecule has 0 aliphatic heterocycles. The molecular weight excluding hydrogens is 603 g/mol. The van der Waals surface area contributed by atoms with E-state index in [1.807, 2.05) is 0 Å². The maximum absolute atomic E-state index is 4.56. The molecule has 50 heavy (non-hydrogen) atoms. The third-order valence-electron chi connectivity index (χ3n) is 10.6. The molecule has 0 aliphatic rings. The molecule has 0 radical (unpaired) electrons. The number of fused-ring (bicyclic) bond motifs is 5. The van der Waals surface area contributed by atoms with Crippen molar-refractivity contribution in [3.63, 3.8) is 0 Å². The van der Waals surface area contributed by atoms with Crippen LogP contribution in [0.15, 0.2) is 152 Å². The summed E-state index contributed by atoms with van der Waals surface area (Å²) in [5.41, 5.74) is 17.1. The van der Waals surface area contributed by atoms with Crippen molar-refractivity contribution in [3.05, 3.63) is 174 Å². The first-order valence-corrected chi connectivity index (χ1v) is 17.3. The molecular formula is C49H37N. The second-order valence-corrected chi connectivity index (χ2v) is 13.7. The summed E-state index contributed by atoms with van der Waals surface area (Å²) in [5, 5.41) is 7.22. The van der Waals surface area contributed by atoms with Gasteiger partial charge in [-0.3, -0.25) is 0 Å². The molecule has 0 atom stereocenters. The van der Waals surface area contributed by atoms with Gasteiger partial charge in [0.2, 0.25) is 0 Å². The molecule has 0 saturated carbocycles. The first-order valence-electron chi connectivity index (χ1n) is 17.3. The number of hydrogen-bond donors (Lipinski definition) is 0. The van der Waals surface area contributed by atoms with Gasteiger partial charge in [-0.1, -0.05) is 134 Å². The third-order valence-corrected chi connectivity index (χ3v) is 10.6. The average molecular weight is 640 g/mol. The highest BCUT2D eigenvalue weighted by atomic mass is 14.9. The van der Waals surface area contributed by atoms with E-state index in [9.17, 15) is 0 Å². The van der Waals surface area contributed by atoms with Crippen molar-refractivity contribution in [2.45, 2.75) is 20.8 Å². The average Bonchev–Trinajstić information content (AvgIpc) is 3.49. The summed E-state index contributed by atoms with van der Waals surface area (Å²) in [6.45, 7) is 15.4. The number of aromatic nitrogens is 1. The van der Waals surface area contributed by atoms with Gasteiger partial charge in [0.25, 0.3) is 0 Å². The fourth-order valence-electron chi connectivity index (χ4n) is 8.12. The van der Waals surface area contributed by atoms with Crippen molar-refractivity contribution < 1.29 is 0 Å². The predicted molar refractivity (Wildman–Crippen MR) is 217 cm³/mol. The van der Waals surface area contributed by atoms with Gasteiger partial charge in [-0.25, -0.2) is 0 Å². The quantitative estimate of drug-likeness (QED) is 0.165. The van der Waals surface area contributed by atoms with Crippen molar-refractivity contribution in [1.29, 1.82) is 0 Å². The summed E-state index contributed by atoms with van der Waals surface area (Å²) in [4.78, 5) is 0. The maximum Gasteiger partial charge on any atom is 0.0620 e.